The number of carbonyl (C=O) groups is 2. The van der Waals surface area contributed by atoms with E-state index < -0.39 is 12.1 Å². The van der Waals surface area contributed by atoms with E-state index >= 15 is 0 Å². The molecule has 1 aromatic carbocycles. The molecule has 2 amide bonds. The van der Waals surface area contributed by atoms with Crippen molar-refractivity contribution in [2.24, 2.45) is 13.0 Å². The molecular weight excluding hydrogens is 332 g/mol. The van der Waals surface area contributed by atoms with E-state index in [4.69, 9.17) is 11.6 Å². The maximum Gasteiger partial charge on any atom is 0.407 e. The second-order valence-corrected chi connectivity index (χ2v) is 6.37. The molecule has 2 aromatic rings. The Balaban J connectivity index is 2.22. The molecule has 0 saturated carbocycles. The van der Waals surface area contributed by atoms with Crippen LogP contribution in [-0.4, -0.2) is 34.7 Å². The highest BCUT2D eigenvalue weighted by atomic mass is 35.5. The fraction of sp³-hybridized carbons (Fsp3) is 0.438. The Morgan fingerprint density at radius 1 is 1.38 bits per heavy atom. The van der Waals surface area contributed by atoms with E-state index in [-0.39, 0.29) is 11.8 Å². The van der Waals surface area contributed by atoms with Crippen molar-refractivity contribution in [1.82, 2.24) is 14.9 Å². The van der Waals surface area contributed by atoms with E-state index in [0.29, 0.717) is 22.9 Å². The molecule has 8 heteroatoms. The number of imidazole rings is 1. The SMILES string of the molecule is COC(=O)NC(CC(C)C)C(=O)Nc1nc2cc(Cl)ccc2n1C. The van der Waals surface area contributed by atoms with E-state index in [0.717, 1.165) is 5.52 Å². The minimum atomic E-state index is -0.708. The monoisotopic (exact) mass is 352 g/mol. The van der Waals surface area contributed by atoms with E-state index in [1.807, 2.05) is 19.9 Å². The van der Waals surface area contributed by atoms with Gasteiger partial charge in [-0.05, 0) is 30.5 Å². The Kier molecular flexibility index (Phi) is 5.66. The van der Waals surface area contributed by atoms with E-state index in [2.05, 4.69) is 20.4 Å². The quantitative estimate of drug-likeness (QED) is 0.866. The molecule has 2 N–H and O–H groups in total. The summed E-state index contributed by atoms with van der Waals surface area (Å²) < 4.78 is 6.34. The number of amides is 2. The predicted molar refractivity (Wildman–Crippen MR) is 93.1 cm³/mol. The summed E-state index contributed by atoms with van der Waals surface area (Å²) in [6, 6.07) is 4.61. The van der Waals surface area contributed by atoms with Crippen molar-refractivity contribution in [2.75, 3.05) is 12.4 Å². The van der Waals surface area contributed by atoms with Crippen molar-refractivity contribution in [3.05, 3.63) is 23.2 Å². The largest absolute Gasteiger partial charge is 0.453 e. The van der Waals surface area contributed by atoms with Crippen molar-refractivity contribution in [3.8, 4) is 0 Å². The number of aromatic nitrogens is 2. The Morgan fingerprint density at radius 2 is 2.08 bits per heavy atom. The van der Waals surface area contributed by atoms with Crippen LogP contribution < -0.4 is 10.6 Å². The lowest BCUT2D eigenvalue weighted by Crippen LogP contribution is -2.44. The Labute approximate surface area is 145 Å². The molecule has 1 unspecified atom stereocenters. The van der Waals surface area contributed by atoms with E-state index in [9.17, 15) is 9.59 Å². The molecule has 1 atom stereocenters. The summed E-state index contributed by atoms with van der Waals surface area (Å²) in [6.45, 7) is 3.94. The van der Waals surface area contributed by atoms with Gasteiger partial charge in [0.2, 0.25) is 11.9 Å². The average Bonchev–Trinajstić information content (AvgIpc) is 2.81. The van der Waals surface area contributed by atoms with Gasteiger partial charge in [0.05, 0.1) is 18.1 Å². The number of ether oxygens (including phenoxy) is 1. The smallest absolute Gasteiger partial charge is 0.407 e. The Hall–Kier alpha value is -2.28. The fourth-order valence-electron chi connectivity index (χ4n) is 2.39. The van der Waals surface area contributed by atoms with Gasteiger partial charge in [0, 0.05) is 12.1 Å². The fourth-order valence-corrected chi connectivity index (χ4v) is 2.55. The lowest BCUT2D eigenvalue weighted by atomic mass is 10.0. The number of alkyl carbamates (subject to hydrolysis) is 1. The van der Waals surface area contributed by atoms with Crippen LogP contribution in [0.15, 0.2) is 18.2 Å². The number of hydrogen-bond acceptors (Lipinski definition) is 4. The number of nitrogens with zero attached hydrogens (tertiary/aromatic N) is 2. The standard InChI is InChI=1S/C16H21ClN4O3/c1-9(2)7-12(19-16(23)24-4)14(22)20-15-18-11-8-10(17)5-6-13(11)21(15)3/h5-6,8-9,12H,7H2,1-4H3,(H,19,23)(H,18,20,22). The van der Waals surface area contributed by atoms with Crippen LogP contribution in [0.3, 0.4) is 0 Å². The number of methoxy groups -OCH3 is 1. The molecule has 0 aliphatic rings. The maximum absolute atomic E-state index is 12.5. The van der Waals surface area contributed by atoms with Gasteiger partial charge in [-0.25, -0.2) is 9.78 Å². The molecule has 0 bridgehead atoms. The number of hydrogen-bond donors (Lipinski definition) is 2. The normalized spacial score (nSPS) is 12.2. The first-order valence-corrected chi connectivity index (χ1v) is 7.97. The number of carbonyl (C=O) groups excluding carboxylic acids is 2. The highest BCUT2D eigenvalue weighted by molar-refractivity contribution is 6.31. The van der Waals surface area contributed by atoms with Crippen molar-refractivity contribution >= 4 is 40.6 Å². The van der Waals surface area contributed by atoms with Gasteiger partial charge in [-0.1, -0.05) is 25.4 Å². The lowest BCUT2D eigenvalue weighted by molar-refractivity contribution is -0.118. The van der Waals surface area contributed by atoms with E-state index in [1.165, 1.54) is 7.11 Å². The van der Waals surface area contributed by atoms with Gasteiger partial charge in [0.1, 0.15) is 6.04 Å². The average molecular weight is 353 g/mol. The topological polar surface area (TPSA) is 85.2 Å². The van der Waals surface area contributed by atoms with Crippen LogP contribution in [0, 0.1) is 5.92 Å². The molecule has 0 aliphatic carbocycles. The summed E-state index contributed by atoms with van der Waals surface area (Å²) in [5, 5.41) is 5.88. The molecule has 0 saturated heterocycles. The number of fused-ring (bicyclic) bond motifs is 1. The zero-order valence-corrected chi connectivity index (χ0v) is 14.8. The van der Waals surface area contributed by atoms with Gasteiger partial charge in [0.15, 0.2) is 0 Å². The summed E-state index contributed by atoms with van der Waals surface area (Å²) in [4.78, 5) is 28.4. The number of anilines is 1. The van der Waals surface area contributed by atoms with Crippen LogP contribution in [0.2, 0.25) is 5.02 Å². The first-order valence-electron chi connectivity index (χ1n) is 7.59. The van der Waals surface area contributed by atoms with Gasteiger partial charge < -0.3 is 14.6 Å². The summed E-state index contributed by atoms with van der Waals surface area (Å²) >= 11 is 5.97. The molecule has 0 fully saturated rings. The highest BCUT2D eigenvalue weighted by Gasteiger charge is 2.24. The van der Waals surface area contributed by atoms with Crippen molar-refractivity contribution in [1.29, 1.82) is 0 Å². The zero-order chi connectivity index (χ0) is 17.9. The van der Waals surface area contributed by atoms with Crippen molar-refractivity contribution < 1.29 is 14.3 Å². The van der Waals surface area contributed by atoms with Crippen LogP contribution in [-0.2, 0) is 16.6 Å². The van der Waals surface area contributed by atoms with Gasteiger partial charge in [-0.3, -0.25) is 10.1 Å². The van der Waals surface area contributed by atoms with Crippen LogP contribution in [0.1, 0.15) is 20.3 Å². The van der Waals surface area contributed by atoms with Crippen LogP contribution >= 0.6 is 11.6 Å². The summed E-state index contributed by atoms with van der Waals surface area (Å²) in [7, 11) is 3.05. The summed E-state index contributed by atoms with van der Waals surface area (Å²) in [5.41, 5.74) is 1.53. The Morgan fingerprint density at radius 3 is 2.71 bits per heavy atom. The zero-order valence-electron chi connectivity index (χ0n) is 14.1. The first-order chi connectivity index (χ1) is 11.3. The maximum atomic E-state index is 12.5. The summed E-state index contributed by atoms with van der Waals surface area (Å²) in [6.07, 6.45) is -0.163. The molecular formula is C16H21ClN4O3. The molecule has 1 aromatic heterocycles. The molecule has 2 rings (SSSR count). The predicted octanol–water partition coefficient (Wildman–Crippen LogP) is 2.94. The van der Waals surface area contributed by atoms with Gasteiger partial charge >= 0.3 is 6.09 Å². The minimum Gasteiger partial charge on any atom is -0.453 e. The molecule has 24 heavy (non-hydrogen) atoms. The Bertz CT molecular complexity index is 757. The second kappa shape index (κ2) is 7.53. The third-order valence-electron chi connectivity index (χ3n) is 3.58. The summed E-state index contributed by atoms with van der Waals surface area (Å²) in [5.74, 6) is 0.258. The molecule has 0 spiro atoms. The van der Waals surface area contributed by atoms with Crippen molar-refractivity contribution in [3.63, 3.8) is 0 Å². The van der Waals surface area contributed by atoms with Crippen LogP contribution in [0.4, 0.5) is 10.7 Å². The molecule has 1 heterocycles. The van der Waals surface area contributed by atoms with Gasteiger partial charge in [-0.15, -0.1) is 0 Å². The number of halogens is 1. The minimum absolute atomic E-state index is 0.220. The van der Waals surface area contributed by atoms with E-state index in [1.54, 1.807) is 23.7 Å². The molecule has 7 nitrogen and oxygen atoms in total. The first kappa shape index (κ1) is 18.1. The van der Waals surface area contributed by atoms with Crippen LogP contribution in [0.5, 0.6) is 0 Å². The number of aryl methyl sites for hydroxylation is 1. The van der Waals surface area contributed by atoms with Crippen molar-refractivity contribution in [2.45, 2.75) is 26.3 Å². The number of benzene rings is 1. The van der Waals surface area contributed by atoms with Gasteiger partial charge in [0.25, 0.3) is 0 Å². The lowest BCUT2D eigenvalue weighted by Gasteiger charge is -2.19. The second-order valence-electron chi connectivity index (χ2n) is 5.93. The third-order valence-corrected chi connectivity index (χ3v) is 3.81. The van der Waals surface area contributed by atoms with Gasteiger partial charge in [-0.2, -0.15) is 0 Å². The number of rotatable bonds is 5. The van der Waals surface area contributed by atoms with Crippen LogP contribution in [0.25, 0.3) is 11.0 Å². The number of nitrogens with one attached hydrogen (secondary N) is 2. The highest BCUT2D eigenvalue weighted by Crippen LogP contribution is 2.22. The molecule has 0 aliphatic heterocycles. The third kappa shape index (κ3) is 4.17. The molecule has 130 valence electrons. The molecule has 0 radical (unpaired) electrons.